The zero-order valence-electron chi connectivity index (χ0n) is 9.15. The third-order valence-electron chi connectivity index (χ3n) is 2.59. The van der Waals surface area contributed by atoms with Gasteiger partial charge in [0.15, 0.2) is 0 Å². The molecule has 0 saturated carbocycles. The Morgan fingerprint density at radius 1 is 1.31 bits per heavy atom. The molecule has 1 aliphatic heterocycles. The Kier molecular flexibility index (Phi) is 3.11. The van der Waals surface area contributed by atoms with E-state index in [1.165, 1.54) is 5.56 Å². The summed E-state index contributed by atoms with van der Waals surface area (Å²) in [6.45, 7) is 6.67. The van der Waals surface area contributed by atoms with E-state index in [0.29, 0.717) is 5.03 Å². The largest absolute Gasteiger partial charge is 0.261 e. The molecule has 2 rings (SSSR count). The SMILES string of the molecule is C=C1C(C)=C(Cl)C=NN1Cc1ccccc1. The summed E-state index contributed by atoms with van der Waals surface area (Å²) in [6, 6.07) is 10.2. The fourth-order valence-electron chi connectivity index (χ4n) is 1.51. The van der Waals surface area contributed by atoms with Crippen molar-refractivity contribution < 1.29 is 0 Å². The van der Waals surface area contributed by atoms with Crippen molar-refractivity contribution in [3.05, 3.63) is 58.8 Å². The molecule has 0 spiro atoms. The molecule has 1 aliphatic rings. The van der Waals surface area contributed by atoms with Crippen LogP contribution in [0, 0.1) is 0 Å². The molecule has 0 radical (unpaired) electrons. The summed E-state index contributed by atoms with van der Waals surface area (Å²) in [5.74, 6) is 0. The van der Waals surface area contributed by atoms with Gasteiger partial charge in [-0.15, -0.1) is 0 Å². The van der Waals surface area contributed by atoms with Crippen molar-refractivity contribution in [1.82, 2.24) is 5.01 Å². The van der Waals surface area contributed by atoms with Gasteiger partial charge in [0.25, 0.3) is 0 Å². The first kappa shape index (κ1) is 11.0. The maximum absolute atomic E-state index is 5.97. The highest BCUT2D eigenvalue weighted by molar-refractivity contribution is 6.40. The molecule has 0 saturated heterocycles. The number of rotatable bonds is 2. The lowest BCUT2D eigenvalue weighted by Crippen LogP contribution is -2.20. The number of hydrazone groups is 1. The summed E-state index contributed by atoms with van der Waals surface area (Å²) in [5, 5.41) is 6.78. The Morgan fingerprint density at radius 3 is 2.69 bits per heavy atom. The first-order valence-corrected chi connectivity index (χ1v) is 5.47. The molecule has 0 unspecified atom stereocenters. The number of hydrogen-bond donors (Lipinski definition) is 0. The van der Waals surface area contributed by atoms with E-state index in [-0.39, 0.29) is 0 Å². The quantitative estimate of drug-likeness (QED) is 0.762. The van der Waals surface area contributed by atoms with Crippen molar-refractivity contribution >= 4 is 17.8 Å². The van der Waals surface area contributed by atoms with Gasteiger partial charge in [-0.2, -0.15) is 5.10 Å². The molecule has 1 heterocycles. The minimum absolute atomic E-state index is 0.661. The summed E-state index contributed by atoms with van der Waals surface area (Å²) >= 11 is 5.97. The highest BCUT2D eigenvalue weighted by atomic mass is 35.5. The van der Waals surface area contributed by atoms with Gasteiger partial charge in [0.05, 0.1) is 23.5 Å². The standard InChI is InChI=1S/C13H13ClN2/c1-10-11(2)16(15-8-13(10)14)9-12-6-4-3-5-7-12/h3-8H,2,9H2,1H3. The molecule has 0 atom stereocenters. The summed E-state index contributed by atoms with van der Waals surface area (Å²) in [7, 11) is 0. The maximum atomic E-state index is 5.97. The molecule has 2 nitrogen and oxygen atoms in total. The van der Waals surface area contributed by atoms with Gasteiger partial charge in [0, 0.05) is 0 Å². The monoisotopic (exact) mass is 232 g/mol. The molecular weight excluding hydrogens is 220 g/mol. The molecule has 1 aromatic carbocycles. The average Bonchev–Trinajstić information content (AvgIpc) is 2.31. The molecular formula is C13H13ClN2. The van der Waals surface area contributed by atoms with Crippen LogP contribution in [0.1, 0.15) is 12.5 Å². The molecule has 0 N–H and O–H groups in total. The predicted octanol–water partition coefficient (Wildman–Crippen LogP) is 3.51. The van der Waals surface area contributed by atoms with Crippen molar-refractivity contribution in [2.24, 2.45) is 5.10 Å². The van der Waals surface area contributed by atoms with Crippen LogP contribution in [0.5, 0.6) is 0 Å². The van der Waals surface area contributed by atoms with Gasteiger partial charge in [-0.3, -0.25) is 5.01 Å². The summed E-state index contributed by atoms with van der Waals surface area (Å²) < 4.78 is 0. The van der Waals surface area contributed by atoms with Crippen LogP contribution in [0.3, 0.4) is 0 Å². The Hall–Kier alpha value is -1.54. The van der Waals surface area contributed by atoms with Crippen LogP contribution in [-0.4, -0.2) is 11.2 Å². The lowest BCUT2D eigenvalue weighted by atomic mass is 10.1. The highest BCUT2D eigenvalue weighted by Crippen LogP contribution is 2.24. The normalized spacial score (nSPS) is 15.9. The van der Waals surface area contributed by atoms with Gasteiger partial charge in [-0.05, 0) is 18.1 Å². The van der Waals surface area contributed by atoms with Crippen LogP contribution < -0.4 is 0 Å². The van der Waals surface area contributed by atoms with Crippen molar-refractivity contribution in [3.8, 4) is 0 Å². The second-order valence-electron chi connectivity index (χ2n) is 3.71. The first-order valence-electron chi connectivity index (χ1n) is 5.09. The fraction of sp³-hybridized carbons (Fsp3) is 0.154. The van der Waals surface area contributed by atoms with Gasteiger partial charge in [-0.1, -0.05) is 48.5 Å². The maximum Gasteiger partial charge on any atom is 0.0666 e. The first-order chi connectivity index (χ1) is 7.68. The van der Waals surface area contributed by atoms with Crippen molar-refractivity contribution in [2.75, 3.05) is 0 Å². The molecule has 16 heavy (non-hydrogen) atoms. The summed E-state index contributed by atoms with van der Waals surface area (Å²) in [4.78, 5) is 0. The highest BCUT2D eigenvalue weighted by Gasteiger charge is 2.14. The van der Waals surface area contributed by atoms with Crippen LogP contribution >= 0.6 is 11.6 Å². The number of benzene rings is 1. The van der Waals surface area contributed by atoms with Gasteiger partial charge < -0.3 is 0 Å². The minimum atomic E-state index is 0.661. The van der Waals surface area contributed by atoms with Crippen LogP contribution in [0.15, 0.2) is 58.3 Å². The van der Waals surface area contributed by atoms with E-state index < -0.39 is 0 Å². The lowest BCUT2D eigenvalue weighted by Gasteiger charge is -2.25. The van der Waals surface area contributed by atoms with Crippen LogP contribution in [0.4, 0.5) is 0 Å². The molecule has 0 aromatic heterocycles. The van der Waals surface area contributed by atoms with Gasteiger partial charge >= 0.3 is 0 Å². The average molecular weight is 233 g/mol. The second kappa shape index (κ2) is 4.54. The van der Waals surface area contributed by atoms with Crippen molar-refractivity contribution in [2.45, 2.75) is 13.5 Å². The fourth-order valence-corrected chi connectivity index (χ4v) is 1.66. The number of allylic oxidation sites excluding steroid dienone is 2. The van der Waals surface area contributed by atoms with Crippen LogP contribution in [0.2, 0.25) is 0 Å². The minimum Gasteiger partial charge on any atom is -0.261 e. The van der Waals surface area contributed by atoms with E-state index in [1.807, 2.05) is 30.1 Å². The lowest BCUT2D eigenvalue weighted by molar-refractivity contribution is 0.363. The van der Waals surface area contributed by atoms with Crippen LogP contribution in [-0.2, 0) is 6.54 Å². The molecule has 0 fully saturated rings. The van der Waals surface area contributed by atoms with E-state index in [1.54, 1.807) is 6.21 Å². The number of nitrogens with zero attached hydrogens (tertiary/aromatic N) is 2. The smallest absolute Gasteiger partial charge is 0.0666 e. The van der Waals surface area contributed by atoms with E-state index in [9.17, 15) is 0 Å². The number of halogens is 1. The topological polar surface area (TPSA) is 15.6 Å². The molecule has 82 valence electrons. The molecule has 0 aliphatic carbocycles. The third kappa shape index (κ3) is 2.17. The van der Waals surface area contributed by atoms with E-state index >= 15 is 0 Å². The Balaban J connectivity index is 2.15. The van der Waals surface area contributed by atoms with Crippen LogP contribution in [0.25, 0.3) is 0 Å². The van der Waals surface area contributed by atoms with E-state index in [2.05, 4.69) is 23.8 Å². The van der Waals surface area contributed by atoms with Gasteiger partial charge in [-0.25, -0.2) is 0 Å². The Bertz CT molecular complexity index is 460. The van der Waals surface area contributed by atoms with E-state index in [0.717, 1.165) is 17.8 Å². The zero-order valence-corrected chi connectivity index (χ0v) is 9.91. The summed E-state index contributed by atoms with van der Waals surface area (Å²) in [5.41, 5.74) is 3.04. The molecule has 0 bridgehead atoms. The van der Waals surface area contributed by atoms with Crippen molar-refractivity contribution in [3.63, 3.8) is 0 Å². The Morgan fingerprint density at radius 2 is 2.00 bits per heavy atom. The Labute approximate surface area is 101 Å². The predicted molar refractivity (Wildman–Crippen MR) is 68.2 cm³/mol. The van der Waals surface area contributed by atoms with Crippen molar-refractivity contribution in [1.29, 1.82) is 0 Å². The number of hydrogen-bond acceptors (Lipinski definition) is 2. The third-order valence-corrected chi connectivity index (χ3v) is 2.97. The van der Waals surface area contributed by atoms with Gasteiger partial charge in [0.2, 0.25) is 0 Å². The molecule has 1 aromatic rings. The second-order valence-corrected chi connectivity index (χ2v) is 4.11. The zero-order chi connectivity index (χ0) is 11.5. The summed E-state index contributed by atoms with van der Waals surface area (Å²) in [6.07, 6.45) is 1.66. The van der Waals surface area contributed by atoms with E-state index in [4.69, 9.17) is 11.6 Å². The molecule has 0 amide bonds. The van der Waals surface area contributed by atoms with Gasteiger partial charge in [0.1, 0.15) is 0 Å². The molecule has 3 heteroatoms.